The third-order valence-corrected chi connectivity index (χ3v) is 5.29. The molecule has 0 bridgehead atoms. The van der Waals surface area contributed by atoms with Gasteiger partial charge in [-0.15, -0.1) is 0 Å². The van der Waals surface area contributed by atoms with Crippen LogP contribution in [0.4, 0.5) is 5.95 Å². The van der Waals surface area contributed by atoms with E-state index in [2.05, 4.69) is 15.0 Å². The lowest BCUT2D eigenvalue weighted by atomic mass is 9.95. The lowest BCUT2D eigenvalue weighted by molar-refractivity contribution is -0.148. The largest absolute Gasteiger partial charge is 0.372 e. The van der Waals surface area contributed by atoms with Crippen LogP contribution in [0.1, 0.15) is 26.7 Å². The first-order chi connectivity index (χ1) is 13.1. The summed E-state index contributed by atoms with van der Waals surface area (Å²) in [6.45, 7) is 6.96. The second-order valence-corrected chi connectivity index (χ2v) is 7.53. The predicted molar refractivity (Wildman–Crippen MR) is 101 cm³/mol. The van der Waals surface area contributed by atoms with Crippen LogP contribution in [0.25, 0.3) is 11.5 Å². The van der Waals surface area contributed by atoms with Crippen molar-refractivity contribution in [3.8, 4) is 11.5 Å². The van der Waals surface area contributed by atoms with Crippen molar-refractivity contribution in [2.45, 2.75) is 38.9 Å². The highest BCUT2D eigenvalue weighted by Gasteiger charge is 2.33. The quantitative estimate of drug-likeness (QED) is 0.827. The maximum absolute atomic E-state index is 12.9. The monoisotopic (exact) mass is 370 g/mol. The lowest BCUT2D eigenvalue weighted by Crippen LogP contribution is -2.51. The Labute approximate surface area is 159 Å². The zero-order valence-corrected chi connectivity index (χ0v) is 15.9. The van der Waals surface area contributed by atoms with E-state index in [-0.39, 0.29) is 24.0 Å². The maximum Gasteiger partial charge on any atom is 0.266 e. The van der Waals surface area contributed by atoms with Gasteiger partial charge in [0.15, 0.2) is 0 Å². The Balaban J connectivity index is 1.35. The van der Waals surface area contributed by atoms with E-state index in [1.54, 1.807) is 0 Å². The summed E-state index contributed by atoms with van der Waals surface area (Å²) in [6.07, 6.45) is 1.84. The minimum absolute atomic E-state index is 0.0687. The number of ether oxygens (including phenoxy) is 1. The van der Waals surface area contributed by atoms with Crippen LogP contribution < -0.4 is 4.90 Å². The predicted octanol–water partition coefficient (Wildman–Crippen LogP) is 2.59. The molecule has 2 aliphatic rings. The molecule has 1 aromatic heterocycles. The average molecular weight is 370 g/mol. The Morgan fingerprint density at radius 2 is 1.74 bits per heavy atom. The minimum Gasteiger partial charge on any atom is -0.372 e. The molecule has 0 spiro atoms. The van der Waals surface area contributed by atoms with E-state index in [1.165, 1.54) is 0 Å². The highest BCUT2D eigenvalue weighted by molar-refractivity contribution is 5.79. The molecule has 0 radical (unpaired) electrons. The van der Waals surface area contributed by atoms with Gasteiger partial charge >= 0.3 is 0 Å². The first-order valence-electron chi connectivity index (χ1n) is 9.68. The van der Waals surface area contributed by atoms with Crippen LogP contribution >= 0.6 is 0 Å². The molecule has 2 aliphatic heterocycles. The molecule has 144 valence electrons. The van der Waals surface area contributed by atoms with E-state index in [1.807, 2.05) is 49.1 Å². The van der Waals surface area contributed by atoms with Crippen molar-refractivity contribution in [1.82, 2.24) is 15.0 Å². The van der Waals surface area contributed by atoms with Crippen LogP contribution in [0.15, 0.2) is 34.9 Å². The number of carbonyl (C=O) groups is 1. The molecule has 0 N–H and O–H groups in total. The van der Waals surface area contributed by atoms with Crippen molar-refractivity contribution in [3.05, 3.63) is 30.3 Å². The van der Waals surface area contributed by atoms with E-state index in [0.29, 0.717) is 24.9 Å². The molecule has 27 heavy (non-hydrogen) atoms. The molecule has 2 aromatic rings. The van der Waals surface area contributed by atoms with Gasteiger partial charge in [0.2, 0.25) is 5.91 Å². The lowest BCUT2D eigenvalue weighted by Gasteiger charge is -2.39. The molecular formula is C20H26N4O3. The molecule has 1 amide bonds. The normalized spacial score (nSPS) is 24.2. The summed E-state index contributed by atoms with van der Waals surface area (Å²) in [7, 11) is 0. The number of rotatable bonds is 3. The van der Waals surface area contributed by atoms with Gasteiger partial charge in [-0.25, -0.2) is 0 Å². The molecule has 7 heteroatoms. The number of piperidine rings is 1. The highest BCUT2D eigenvalue weighted by atomic mass is 16.5. The topological polar surface area (TPSA) is 71.7 Å². The summed E-state index contributed by atoms with van der Waals surface area (Å²) in [6, 6.07) is 9.75. The van der Waals surface area contributed by atoms with E-state index < -0.39 is 0 Å². The van der Waals surface area contributed by atoms with Crippen molar-refractivity contribution in [3.63, 3.8) is 0 Å². The van der Waals surface area contributed by atoms with Gasteiger partial charge in [0, 0.05) is 37.7 Å². The van der Waals surface area contributed by atoms with Gasteiger partial charge in [0.1, 0.15) is 0 Å². The SMILES string of the molecule is CC1CN(C(=O)C2CCN(c3noc(-c4ccccc4)n3)CC2)CC(C)O1. The average Bonchev–Trinajstić information content (AvgIpc) is 3.18. The van der Waals surface area contributed by atoms with Crippen molar-refractivity contribution in [1.29, 1.82) is 0 Å². The van der Waals surface area contributed by atoms with Gasteiger partial charge in [-0.1, -0.05) is 18.2 Å². The summed E-state index contributed by atoms with van der Waals surface area (Å²) in [5.41, 5.74) is 0.914. The molecule has 4 rings (SSSR count). The molecule has 2 unspecified atom stereocenters. The van der Waals surface area contributed by atoms with Gasteiger partial charge in [0.25, 0.3) is 11.8 Å². The minimum atomic E-state index is 0.0687. The molecule has 1 aromatic carbocycles. The molecule has 2 saturated heterocycles. The van der Waals surface area contributed by atoms with Crippen molar-refractivity contribution < 1.29 is 14.1 Å². The molecular weight excluding hydrogens is 344 g/mol. The zero-order chi connectivity index (χ0) is 18.8. The Bertz CT molecular complexity index is 761. The number of carbonyl (C=O) groups excluding carboxylic acids is 1. The number of morpholine rings is 1. The number of aromatic nitrogens is 2. The molecule has 7 nitrogen and oxygen atoms in total. The van der Waals surface area contributed by atoms with Crippen LogP contribution in [0.5, 0.6) is 0 Å². The van der Waals surface area contributed by atoms with Crippen molar-refractivity contribution >= 4 is 11.9 Å². The standard InChI is InChI=1S/C20H26N4O3/c1-14-12-24(13-15(2)26-14)19(25)17-8-10-23(11-9-17)20-21-18(27-22-20)16-6-4-3-5-7-16/h3-7,14-15,17H,8-13H2,1-2H3. The second kappa shape index (κ2) is 7.68. The number of nitrogens with zero attached hydrogens (tertiary/aromatic N) is 4. The number of benzene rings is 1. The second-order valence-electron chi connectivity index (χ2n) is 7.53. The van der Waals surface area contributed by atoms with Crippen LogP contribution in [0.3, 0.4) is 0 Å². The Morgan fingerprint density at radius 1 is 1.07 bits per heavy atom. The zero-order valence-electron chi connectivity index (χ0n) is 15.9. The van der Waals surface area contributed by atoms with Crippen molar-refractivity contribution in [2.24, 2.45) is 5.92 Å². The third-order valence-electron chi connectivity index (χ3n) is 5.29. The van der Waals surface area contributed by atoms with Crippen molar-refractivity contribution in [2.75, 3.05) is 31.1 Å². The maximum atomic E-state index is 12.9. The fourth-order valence-electron chi connectivity index (χ4n) is 3.98. The Kier molecular flexibility index (Phi) is 5.11. The molecule has 0 saturated carbocycles. The number of hydrogen-bond acceptors (Lipinski definition) is 6. The van der Waals surface area contributed by atoms with E-state index in [4.69, 9.17) is 9.26 Å². The van der Waals surface area contributed by atoms with E-state index >= 15 is 0 Å². The molecule has 2 atom stereocenters. The fourth-order valence-corrected chi connectivity index (χ4v) is 3.98. The number of hydrogen-bond donors (Lipinski definition) is 0. The Morgan fingerprint density at radius 3 is 2.41 bits per heavy atom. The summed E-state index contributed by atoms with van der Waals surface area (Å²) in [5, 5.41) is 4.12. The first-order valence-corrected chi connectivity index (χ1v) is 9.68. The van der Waals surface area contributed by atoms with Gasteiger partial charge < -0.3 is 19.1 Å². The van der Waals surface area contributed by atoms with Crippen LogP contribution in [0.2, 0.25) is 0 Å². The highest BCUT2D eigenvalue weighted by Crippen LogP contribution is 2.26. The van der Waals surface area contributed by atoms with Gasteiger partial charge in [-0.3, -0.25) is 4.79 Å². The number of amides is 1. The summed E-state index contributed by atoms with van der Waals surface area (Å²) in [5.74, 6) is 1.46. The summed E-state index contributed by atoms with van der Waals surface area (Å²) < 4.78 is 11.1. The Hall–Kier alpha value is -2.41. The summed E-state index contributed by atoms with van der Waals surface area (Å²) in [4.78, 5) is 21.5. The van der Waals surface area contributed by atoms with Gasteiger partial charge in [0.05, 0.1) is 12.2 Å². The number of anilines is 1. The first kappa shape index (κ1) is 18.0. The summed E-state index contributed by atoms with van der Waals surface area (Å²) >= 11 is 0. The van der Waals surface area contributed by atoms with Crippen LogP contribution in [-0.2, 0) is 9.53 Å². The van der Waals surface area contributed by atoms with Gasteiger partial charge in [-0.05, 0) is 44.0 Å². The molecule has 3 heterocycles. The fraction of sp³-hybridized carbons (Fsp3) is 0.550. The molecule has 2 fully saturated rings. The van der Waals surface area contributed by atoms with Crippen LogP contribution in [-0.4, -0.2) is 59.3 Å². The third kappa shape index (κ3) is 3.98. The van der Waals surface area contributed by atoms with E-state index in [9.17, 15) is 4.79 Å². The smallest absolute Gasteiger partial charge is 0.266 e. The van der Waals surface area contributed by atoms with E-state index in [0.717, 1.165) is 31.5 Å². The molecule has 0 aliphatic carbocycles. The van der Waals surface area contributed by atoms with Crippen LogP contribution in [0, 0.1) is 5.92 Å². The van der Waals surface area contributed by atoms with Gasteiger partial charge in [-0.2, -0.15) is 4.98 Å².